The molecule has 140 valence electrons. The zero-order chi connectivity index (χ0) is 19.2. The highest BCUT2D eigenvalue weighted by Crippen LogP contribution is 2.26. The highest BCUT2D eigenvalue weighted by molar-refractivity contribution is 7.13. The first-order valence-corrected chi connectivity index (χ1v) is 9.64. The Labute approximate surface area is 162 Å². The van der Waals surface area contributed by atoms with E-state index in [1.165, 1.54) is 11.3 Å². The molecule has 0 aliphatic heterocycles. The lowest BCUT2D eigenvalue weighted by atomic mass is 10.1. The van der Waals surface area contributed by atoms with Gasteiger partial charge in [-0.05, 0) is 43.7 Å². The third-order valence-corrected chi connectivity index (χ3v) is 4.74. The lowest BCUT2D eigenvalue weighted by Crippen LogP contribution is -2.28. The third kappa shape index (κ3) is 5.15. The van der Waals surface area contributed by atoms with Crippen molar-refractivity contribution in [2.75, 3.05) is 6.54 Å². The Morgan fingerprint density at radius 3 is 2.52 bits per heavy atom. The normalized spacial score (nSPS) is 12.0. The maximum absolute atomic E-state index is 12.3. The fourth-order valence-corrected chi connectivity index (χ4v) is 3.34. The van der Waals surface area contributed by atoms with Crippen LogP contribution >= 0.6 is 11.3 Å². The molecule has 0 saturated heterocycles. The summed E-state index contributed by atoms with van der Waals surface area (Å²) in [6, 6.07) is 16.9. The minimum absolute atomic E-state index is 0.122. The molecule has 0 radical (unpaired) electrons. The predicted octanol–water partition coefficient (Wildman–Crippen LogP) is 4.06. The van der Waals surface area contributed by atoms with Crippen LogP contribution in [-0.4, -0.2) is 28.6 Å². The van der Waals surface area contributed by atoms with Gasteiger partial charge in [0.15, 0.2) is 0 Å². The Bertz CT molecular complexity index is 876. The van der Waals surface area contributed by atoms with Crippen molar-refractivity contribution in [2.24, 2.45) is 0 Å². The largest absolute Gasteiger partial charge is 0.491 e. The van der Waals surface area contributed by atoms with Crippen molar-refractivity contribution in [1.29, 1.82) is 0 Å². The summed E-state index contributed by atoms with van der Waals surface area (Å²) in [4.78, 5) is 16.7. The summed E-state index contributed by atoms with van der Waals surface area (Å²) in [5, 5.41) is 15.4. The summed E-state index contributed by atoms with van der Waals surface area (Å²) in [5.41, 5.74) is 2.04. The monoisotopic (exact) mass is 382 g/mol. The molecule has 1 heterocycles. The van der Waals surface area contributed by atoms with Gasteiger partial charge >= 0.3 is 0 Å². The number of thiazole rings is 1. The molecular weight excluding hydrogens is 360 g/mol. The number of nitrogens with zero attached hydrogens (tertiary/aromatic N) is 1. The molecular formula is C21H22N2O3S. The second-order valence-electron chi connectivity index (χ2n) is 6.37. The Kier molecular flexibility index (Phi) is 6.21. The standard InChI is InChI=1S/C21H22N2O3S/c1-14(2)26-17-10-8-16(9-11-17)21-23-18(13-27-21)20(25)22-12-19(24)15-6-4-3-5-7-15/h3-11,13-14,19,24H,12H2,1-2H3,(H,22,25). The second kappa shape index (κ2) is 8.79. The number of aliphatic hydroxyl groups excluding tert-OH is 1. The van der Waals surface area contributed by atoms with E-state index in [0.717, 1.165) is 21.9 Å². The van der Waals surface area contributed by atoms with Crippen molar-refractivity contribution in [3.63, 3.8) is 0 Å². The number of ether oxygens (including phenoxy) is 1. The summed E-state index contributed by atoms with van der Waals surface area (Å²) in [6.45, 7) is 4.10. The van der Waals surface area contributed by atoms with Crippen molar-refractivity contribution >= 4 is 17.2 Å². The summed E-state index contributed by atoms with van der Waals surface area (Å²) in [6.07, 6.45) is -0.626. The Hall–Kier alpha value is -2.70. The first-order valence-electron chi connectivity index (χ1n) is 8.77. The quantitative estimate of drug-likeness (QED) is 0.646. The molecule has 1 atom stereocenters. The van der Waals surface area contributed by atoms with E-state index in [9.17, 15) is 9.90 Å². The molecule has 1 unspecified atom stereocenters. The first-order chi connectivity index (χ1) is 13.0. The molecule has 27 heavy (non-hydrogen) atoms. The molecule has 1 amide bonds. The average Bonchev–Trinajstić information content (AvgIpc) is 3.17. The zero-order valence-corrected chi connectivity index (χ0v) is 16.1. The fraction of sp³-hybridized carbons (Fsp3) is 0.238. The smallest absolute Gasteiger partial charge is 0.270 e. The molecule has 6 heteroatoms. The number of aliphatic hydroxyl groups is 1. The van der Waals surface area contributed by atoms with Crippen LogP contribution in [0.1, 0.15) is 36.0 Å². The second-order valence-corrected chi connectivity index (χ2v) is 7.22. The molecule has 3 aromatic rings. The van der Waals surface area contributed by atoms with E-state index >= 15 is 0 Å². The van der Waals surface area contributed by atoms with E-state index in [-0.39, 0.29) is 18.6 Å². The number of carbonyl (C=O) groups excluding carboxylic acids is 1. The van der Waals surface area contributed by atoms with Gasteiger partial charge in [0.05, 0.1) is 12.2 Å². The number of rotatable bonds is 7. The average molecular weight is 382 g/mol. The maximum Gasteiger partial charge on any atom is 0.270 e. The van der Waals surface area contributed by atoms with Crippen molar-refractivity contribution < 1.29 is 14.6 Å². The number of aromatic nitrogens is 1. The van der Waals surface area contributed by atoms with Crippen molar-refractivity contribution in [2.45, 2.75) is 26.1 Å². The fourth-order valence-electron chi connectivity index (χ4n) is 2.53. The number of benzene rings is 2. The lowest BCUT2D eigenvalue weighted by Gasteiger charge is -2.11. The molecule has 2 aromatic carbocycles. The van der Waals surface area contributed by atoms with Gasteiger partial charge in [0.25, 0.3) is 5.91 Å². The van der Waals surface area contributed by atoms with E-state index in [1.807, 2.05) is 68.4 Å². The summed E-state index contributed by atoms with van der Waals surface area (Å²) >= 11 is 1.41. The Morgan fingerprint density at radius 1 is 1.15 bits per heavy atom. The molecule has 0 saturated carbocycles. The van der Waals surface area contributed by atoms with Crippen LogP contribution in [0, 0.1) is 0 Å². The molecule has 0 spiro atoms. The SMILES string of the molecule is CC(C)Oc1ccc(-c2nc(C(=O)NCC(O)c3ccccc3)cs2)cc1. The molecule has 0 bridgehead atoms. The first kappa shape index (κ1) is 19.1. The van der Waals surface area contributed by atoms with E-state index < -0.39 is 6.10 Å². The molecule has 2 N–H and O–H groups in total. The Morgan fingerprint density at radius 2 is 1.85 bits per heavy atom. The number of nitrogens with one attached hydrogen (secondary N) is 1. The van der Waals surface area contributed by atoms with Crippen molar-refractivity contribution in [1.82, 2.24) is 10.3 Å². The van der Waals surface area contributed by atoms with Crippen molar-refractivity contribution in [3.05, 3.63) is 71.2 Å². The van der Waals surface area contributed by atoms with Crippen LogP contribution in [0.5, 0.6) is 5.75 Å². The van der Waals surface area contributed by atoms with Gasteiger partial charge in [0.1, 0.15) is 16.5 Å². The third-order valence-electron chi connectivity index (χ3n) is 3.85. The van der Waals surface area contributed by atoms with Crippen LogP contribution in [0.2, 0.25) is 0 Å². The van der Waals surface area contributed by atoms with Crippen LogP contribution in [0.15, 0.2) is 60.0 Å². The summed E-state index contributed by atoms with van der Waals surface area (Å²) in [5.74, 6) is 0.505. The molecule has 0 aliphatic rings. The van der Waals surface area contributed by atoms with Gasteiger partial charge in [-0.1, -0.05) is 30.3 Å². The van der Waals surface area contributed by atoms with Crippen LogP contribution in [0.3, 0.4) is 0 Å². The number of amides is 1. The lowest BCUT2D eigenvalue weighted by molar-refractivity contribution is 0.0912. The van der Waals surface area contributed by atoms with Crippen LogP contribution in [0.4, 0.5) is 0 Å². The molecule has 1 aromatic heterocycles. The van der Waals surface area contributed by atoms with Gasteiger partial charge in [-0.25, -0.2) is 4.98 Å². The number of hydrogen-bond donors (Lipinski definition) is 2. The molecule has 5 nitrogen and oxygen atoms in total. The predicted molar refractivity (Wildman–Crippen MR) is 107 cm³/mol. The van der Waals surface area contributed by atoms with Crippen LogP contribution in [-0.2, 0) is 0 Å². The highest BCUT2D eigenvalue weighted by atomic mass is 32.1. The molecule has 0 fully saturated rings. The molecule has 3 rings (SSSR count). The summed E-state index contributed by atoms with van der Waals surface area (Å²) < 4.78 is 5.63. The van der Waals surface area contributed by atoms with Gasteiger partial charge in [0, 0.05) is 17.5 Å². The van der Waals surface area contributed by atoms with E-state index in [1.54, 1.807) is 5.38 Å². The van der Waals surface area contributed by atoms with Gasteiger partial charge in [0.2, 0.25) is 0 Å². The summed E-state index contributed by atoms with van der Waals surface area (Å²) in [7, 11) is 0. The maximum atomic E-state index is 12.3. The van der Waals surface area contributed by atoms with E-state index in [2.05, 4.69) is 10.3 Å². The van der Waals surface area contributed by atoms with E-state index in [4.69, 9.17) is 4.74 Å². The van der Waals surface area contributed by atoms with Gasteiger partial charge < -0.3 is 15.2 Å². The Balaban J connectivity index is 1.60. The van der Waals surface area contributed by atoms with Gasteiger partial charge in [-0.3, -0.25) is 4.79 Å². The van der Waals surface area contributed by atoms with Gasteiger partial charge in [-0.15, -0.1) is 11.3 Å². The van der Waals surface area contributed by atoms with E-state index in [0.29, 0.717) is 5.69 Å². The van der Waals surface area contributed by atoms with Gasteiger partial charge in [-0.2, -0.15) is 0 Å². The minimum Gasteiger partial charge on any atom is -0.491 e. The van der Waals surface area contributed by atoms with Crippen LogP contribution < -0.4 is 10.1 Å². The molecule has 0 aliphatic carbocycles. The number of hydrogen-bond acceptors (Lipinski definition) is 5. The zero-order valence-electron chi connectivity index (χ0n) is 15.3. The van der Waals surface area contributed by atoms with Crippen molar-refractivity contribution in [3.8, 4) is 16.3 Å². The number of carbonyl (C=O) groups is 1. The topological polar surface area (TPSA) is 71.5 Å². The minimum atomic E-state index is -0.748. The highest BCUT2D eigenvalue weighted by Gasteiger charge is 2.14. The van der Waals surface area contributed by atoms with Crippen LogP contribution in [0.25, 0.3) is 10.6 Å².